The molecule has 0 saturated heterocycles. The van der Waals surface area contributed by atoms with E-state index in [-0.39, 0.29) is 23.6 Å². The van der Waals surface area contributed by atoms with Crippen LogP contribution in [0.5, 0.6) is 0 Å². The number of carbonyl (C=O) groups is 2. The van der Waals surface area contributed by atoms with Crippen LogP contribution in [0.25, 0.3) is 16.8 Å². The first-order chi connectivity index (χ1) is 11.1. The van der Waals surface area contributed by atoms with Gasteiger partial charge in [0.05, 0.1) is 12.1 Å². The van der Waals surface area contributed by atoms with Gasteiger partial charge in [-0.15, -0.1) is 5.10 Å². The molecule has 0 unspecified atom stereocenters. The fourth-order valence-electron chi connectivity index (χ4n) is 2.62. The van der Waals surface area contributed by atoms with E-state index in [1.807, 2.05) is 25.3 Å². The van der Waals surface area contributed by atoms with Crippen molar-refractivity contribution in [1.29, 1.82) is 0 Å². The number of Topliss-reactive ketones (excluding diaryl/α,β-unsaturated/α-hetero) is 1. The third-order valence-electron chi connectivity index (χ3n) is 4.03. The molecule has 3 aromatic rings. The van der Waals surface area contributed by atoms with Gasteiger partial charge in [0.2, 0.25) is 11.9 Å². The number of hydrogen-bond donors (Lipinski definition) is 2. The Morgan fingerprint density at radius 2 is 2.22 bits per heavy atom. The second-order valence-corrected chi connectivity index (χ2v) is 5.70. The first kappa shape index (κ1) is 13.6. The molecule has 0 atom stereocenters. The lowest BCUT2D eigenvalue weighted by Gasteiger charge is -2.21. The molecule has 1 aliphatic rings. The molecular weight excluding hydrogens is 296 g/mol. The van der Waals surface area contributed by atoms with Crippen molar-refractivity contribution >= 4 is 23.3 Å². The van der Waals surface area contributed by atoms with E-state index in [1.165, 1.54) is 0 Å². The molecule has 0 radical (unpaired) electrons. The van der Waals surface area contributed by atoms with Gasteiger partial charge in [-0.1, -0.05) is 0 Å². The van der Waals surface area contributed by atoms with E-state index in [9.17, 15) is 9.59 Å². The highest BCUT2D eigenvalue weighted by Crippen LogP contribution is 2.24. The summed E-state index contributed by atoms with van der Waals surface area (Å²) in [5, 5.41) is 13.8. The maximum atomic E-state index is 12.0. The first-order valence-corrected chi connectivity index (χ1v) is 7.29. The largest absolute Gasteiger partial charge is 0.300 e. The zero-order valence-corrected chi connectivity index (χ0v) is 12.4. The molecule has 3 heterocycles. The fourth-order valence-corrected chi connectivity index (χ4v) is 2.62. The van der Waals surface area contributed by atoms with Crippen LogP contribution < -0.4 is 5.32 Å². The predicted octanol–water partition coefficient (Wildman–Crippen LogP) is 1.35. The van der Waals surface area contributed by atoms with Crippen LogP contribution in [0.2, 0.25) is 0 Å². The van der Waals surface area contributed by atoms with Gasteiger partial charge in [-0.2, -0.15) is 10.1 Å². The van der Waals surface area contributed by atoms with Gasteiger partial charge in [0, 0.05) is 35.9 Å². The third-order valence-corrected chi connectivity index (χ3v) is 4.03. The van der Waals surface area contributed by atoms with Gasteiger partial charge in [0.25, 0.3) is 0 Å². The first-order valence-electron chi connectivity index (χ1n) is 7.29. The Kier molecular flexibility index (Phi) is 2.97. The summed E-state index contributed by atoms with van der Waals surface area (Å²) in [7, 11) is 0. The Labute approximate surface area is 130 Å². The monoisotopic (exact) mass is 310 g/mol. The maximum Gasteiger partial charge on any atom is 0.249 e. The van der Waals surface area contributed by atoms with Gasteiger partial charge in [-0.05, 0) is 19.1 Å². The topological polar surface area (TPSA) is 105 Å². The smallest absolute Gasteiger partial charge is 0.249 e. The van der Waals surface area contributed by atoms with Crippen LogP contribution in [-0.4, -0.2) is 36.5 Å². The number of aromatic amines is 1. The number of carbonyl (C=O) groups excluding carboxylic acids is 2. The Morgan fingerprint density at radius 1 is 1.39 bits per heavy atom. The second-order valence-electron chi connectivity index (χ2n) is 5.70. The second kappa shape index (κ2) is 5.01. The summed E-state index contributed by atoms with van der Waals surface area (Å²) in [4.78, 5) is 27.2. The molecule has 0 bridgehead atoms. The van der Waals surface area contributed by atoms with Gasteiger partial charge in [0.15, 0.2) is 5.65 Å². The minimum absolute atomic E-state index is 0.119. The SMILES string of the molecule is Cc1[nH]ncc1-c1ccc2nc(NC(=O)C3CC(=O)C3)nn2c1. The zero-order valence-electron chi connectivity index (χ0n) is 12.4. The summed E-state index contributed by atoms with van der Waals surface area (Å²) < 4.78 is 1.61. The number of rotatable bonds is 3. The van der Waals surface area contributed by atoms with E-state index >= 15 is 0 Å². The van der Waals surface area contributed by atoms with E-state index in [0.29, 0.717) is 18.5 Å². The molecule has 3 aromatic heterocycles. The van der Waals surface area contributed by atoms with Crippen LogP contribution in [0.1, 0.15) is 18.5 Å². The van der Waals surface area contributed by atoms with E-state index in [2.05, 4.69) is 25.6 Å². The van der Waals surface area contributed by atoms with Crippen LogP contribution >= 0.6 is 0 Å². The molecule has 1 saturated carbocycles. The fraction of sp³-hybridized carbons (Fsp3) is 0.267. The molecule has 116 valence electrons. The average Bonchev–Trinajstić information content (AvgIpc) is 3.08. The van der Waals surface area contributed by atoms with Crippen molar-refractivity contribution in [3.63, 3.8) is 0 Å². The molecule has 0 aromatic carbocycles. The normalized spacial score (nSPS) is 14.9. The standard InChI is InChI=1S/C15H14N6O2/c1-8-12(6-16-19-8)9-2-3-13-17-15(20-21(13)7-9)18-14(23)10-4-11(22)5-10/h2-3,6-7,10H,4-5H2,1H3,(H,16,19)(H,18,20,23). The lowest BCUT2D eigenvalue weighted by atomic mass is 9.83. The Balaban J connectivity index is 1.59. The van der Waals surface area contributed by atoms with E-state index in [1.54, 1.807) is 10.7 Å². The Morgan fingerprint density at radius 3 is 2.91 bits per heavy atom. The molecule has 23 heavy (non-hydrogen) atoms. The summed E-state index contributed by atoms with van der Waals surface area (Å²) in [6, 6.07) is 3.76. The lowest BCUT2D eigenvalue weighted by Crippen LogP contribution is -2.34. The summed E-state index contributed by atoms with van der Waals surface area (Å²) in [5.41, 5.74) is 3.54. The highest BCUT2D eigenvalue weighted by atomic mass is 16.2. The summed E-state index contributed by atoms with van der Waals surface area (Å²) >= 11 is 0. The Bertz CT molecular complexity index is 917. The molecule has 4 rings (SSSR count). The molecule has 8 nitrogen and oxygen atoms in total. The van der Waals surface area contributed by atoms with Crippen molar-refractivity contribution in [3.8, 4) is 11.1 Å². The van der Waals surface area contributed by atoms with Gasteiger partial charge in [0.1, 0.15) is 5.78 Å². The van der Waals surface area contributed by atoms with Gasteiger partial charge in [-0.25, -0.2) is 4.52 Å². The number of aryl methyl sites for hydroxylation is 1. The van der Waals surface area contributed by atoms with E-state index < -0.39 is 0 Å². The number of fused-ring (bicyclic) bond motifs is 1. The van der Waals surface area contributed by atoms with Crippen molar-refractivity contribution in [3.05, 3.63) is 30.2 Å². The van der Waals surface area contributed by atoms with Crippen molar-refractivity contribution in [1.82, 2.24) is 24.8 Å². The van der Waals surface area contributed by atoms with Crippen LogP contribution in [-0.2, 0) is 9.59 Å². The molecule has 0 spiro atoms. The number of amides is 1. The molecule has 0 aliphatic heterocycles. The zero-order chi connectivity index (χ0) is 16.0. The van der Waals surface area contributed by atoms with Gasteiger partial charge >= 0.3 is 0 Å². The van der Waals surface area contributed by atoms with Crippen LogP contribution in [0.15, 0.2) is 24.5 Å². The van der Waals surface area contributed by atoms with Crippen LogP contribution in [0.3, 0.4) is 0 Å². The maximum absolute atomic E-state index is 12.0. The molecule has 8 heteroatoms. The van der Waals surface area contributed by atoms with Crippen molar-refractivity contribution in [2.45, 2.75) is 19.8 Å². The number of anilines is 1. The predicted molar refractivity (Wildman–Crippen MR) is 81.7 cm³/mol. The Hall–Kier alpha value is -3.03. The van der Waals surface area contributed by atoms with Crippen molar-refractivity contribution < 1.29 is 9.59 Å². The molecule has 2 N–H and O–H groups in total. The number of nitrogens with zero attached hydrogens (tertiary/aromatic N) is 4. The highest BCUT2D eigenvalue weighted by molar-refractivity contribution is 6.01. The van der Waals surface area contributed by atoms with Crippen molar-refractivity contribution in [2.24, 2.45) is 5.92 Å². The summed E-state index contributed by atoms with van der Waals surface area (Å²) in [6.45, 7) is 1.94. The quantitative estimate of drug-likeness (QED) is 0.759. The number of hydrogen-bond acceptors (Lipinski definition) is 5. The number of ketones is 1. The number of nitrogens with one attached hydrogen (secondary N) is 2. The van der Waals surface area contributed by atoms with Gasteiger partial charge < -0.3 is 0 Å². The van der Waals surface area contributed by atoms with Crippen molar-refractivity contribution in [2.75, 3.05) is 5.32 Å². The van der Waals surface area contributed by atoms with Gasteiger partial charge in [-0.3, -0.25) is 20.0 Å². The number of H-pyrrole nitrogens is 1. The minimum Gasteiger partial charge on any atom is -0.300 e. The number of pyridine rings is 1. The summed E-state index contributed by atoms with van der Waals surface area (Å²) in [6.07, 6.45) is 4.21. The average molecular weight is 310 g/mol. The molecule has 1 fully saturated rings. The third kappa shape index (κ3) is 2.37. The summed E-state index contributed by atoms with van der Waals surface area (Å²) in [5.74, 6) is -0.0895. The minimum atomic E-state index is -0.252. The van der Waals surface area contributed by atoms with E-state index in [0.717, 1.165) is 16.8 Å². The van der Waals surface area contributed by atoms with Crippen LogP contribution in [0, 0.1) is 12.8 Å². The molecular formula is C15H14N6O2. The number of aromatic nitrogens is 5. The lowest BCUT2D eigenvalue weighted by molar-refractivity contribution is -0.135. The van der Waals surface area contributed by atoms with E-state index in [4.69, 9.17) is 0 Å². The highest BCUT2D eigenvalue weighted by Gasteiger charge is 2.33. The molecule has 1 amide bonds. The molecule has 1 aliphatic carbocycles. The van der Waals surface area contributed by atoms with Crippen LogP contribution in [0.4, 0.5) is 5.95 Å².